The Morgan fingerprint density at radius 2 is 2.54 bits per heavy atom. The van der Waals surface area contributed by atoms with Gasteiger partial charge in [0.05, 0.1) is 15.9 Å². The molecule has 0 aliphatic carbocycles. The van der Waals surface area contributed by atoms with Crippen molar-refractivity contribution in [3.05, 3.63) is 21.3 Å². The second kappa shape index (κ2) is 4.58. The van der Waals surface area contributed by atoms with Crippen molar-refractivity contribution in [2.75, 3.05) is 6.67 Å². The van der Waals surface area contributed by atoms with Crippen LogP contribution in [0.4, 0.5) is 4.39 Å². The summed E-state index contributed by atoms with van der Waals surface area (Å²) in [4.78, 5) is 11.8. The first kappa shape index (κ1) is 10.5. The largest absolute Gasteiger partial charge is 0.346 e. The van der Waals surface area contributed by atoms with Crippen LogP contribution in [0.5, 0.6) is 0 Å². The van der Waals surface area contributed by atoms with Crippen LogP contribution in [0.15, 0.2) is 11.4 Å². The maximum Gasteiger partial charge on any atom is 0.261 e. The Morgan fingerprint density at radius 1 is 1.85 bits per heavy atom. The van der Waals surface area contributed by atoms with Crippen molar-refractivity contribution in [2.24, 2.45) is 0 Å². The van der Waals surface area contributed by atoms with Gasteiger partial charge < -0.3 is 5.32 Å². The fourth-order valence-corrected chi connectivity index (χ4v) is 1.74. The van der Waals surface area contributed by atoms with E-state index >= 15 is 0 Å². The third-order valence-corrected chi connectivity index (χ3v) is 2.68. The SMILES string of the molecule is C[C@H](CF)NC(=O)c1cc(Cl)cs1. The van der Waals surface area contributed by atoms with Crippen LogP contribution in [0.1, 0.15) is 16.6 Å². The molecule has 1 rings (SSSR count). The molecule has 1 atom stereocenters. The molecule has 0 bridgehead atoms. The molecule has 0 aliphatic heterocycles. The van der Waals surface area contributed by atoms with Crippen molar-refractivity contribution in [2.45, 2.75) is 13.0 Å². The molecular formula is C8H9ClFNOS. The monoisotopic (exact) mass is 221 g/mol. The number of alkyl halides is 1. The minimum atomic E-state index is -0.565. The number of thiophene rings is 1. The van der Waals surface area contributed by atoms with Gasteiger partial charge in [0.2, 0.25) is 0 Å². The van der Waals surface area contributed by atoms with Crippen LogP contribution in [-0.2, 0) is 0 Å². The lowest BCUT2D eigenvalue weighted by molar-refractivity contribution is 0.0938. The Hall–Kier alpha value is -0.610. The minimum absolute atomic E-state index is 0.276. The molecule has 1 heterocycles. The van der Waals surface area contributed by atoms with Gasteiger partial charge in [-0.15, -0.1) is 11.3 Å². The van der Waals surface area contributed by atoms with Gasteiger partial charge in [-0.05, 0) is 13.0 Å². The van der Waals surface area contributed by atoms with Crippen molar-refractivity contribution in [1.82, 2.24) is 5.32 Å². The van der Waals surface area contributed by atoms with Crippen LogP contribution < -0.4 is 5.32 Å². The molecule has 0 radical (unpaired) electrons. The molecule has 1 N–H and O–H groups in total. The summed E-state index contributed by atoms with van der Waals surface area (Å²) < 4.78 is 12.0. The van der Waals surface area contributed by atoms with Gasteiger partial charge in [0.1, 0.15) is 6.67 Å². The molecule has 0 spiro atoms. The number of hydrogen-bond donors (Lipinski definition) is 1. The molecule has 0 unspecified atom stereocenters. The van der Waals surface area contributed by atoms with E-state index in [-0.39, 0.29) is 5.91 Å². The molecule has 5 heteroatoms. The lowest BCUT2D eigenvalue weighted by Crippen LogP contribution is -2.33. The number of amides is 1. The molecule has 0 fully saturated rings. The van der Waals surface area contributed by atoms with E-state index < -0.39 is 12.7 Å². The van der Waals surface area contributed by atoms with Gasteiger partial charge in [0.15, 0.2) is 0 Å². The fraction of sp³-hybridized carbons (Fsp3) is 0.375. The van der Waals surface area contributed by atoms with Gasteiger partial charge in [-0.25, -0.2) is 4.39 Å². The summed E-state index contributed by atoms with van der Waals surface area (Å²) in [6.45, 7) is 1.04. The molecule has 1 aromatic rings. The van der Waals surface area contributed by atoms with E-state index in [4.69, 9.17) is 11.6 Å². The van der Waals surface area contributed by atoms with E-state index in [9.17, 15) is 9.18 Å². The van der Waals surface area contributed by atoms with Crippen LogP contribution in [-0.4, -0.2) is 18.6 Å². The lowest BCUT2D eigenvalue weighted by Gasteiger charge is -2.07. The summed E-state index contributed by atoms with van der Waals surface area (Å²) >= 11 is 6.87. The van der Waals surface area contributed by atoms with Crippen molar-refractivity contribution >= 4 is 28.8 Å². The molecule has 1 aromatic heterocycles. The Bertz CT molecular complexity index is 302. The zero-order chi connectivity index (χ0) is 9.84. The van der Waals surface area contributed by atoms with Crippen LogP contribution in [0.2, 0.25) is 5.02 Å². The molecule has 0 saturated carbocycles. The average Bonchev–Trinajstić information content (AvgIpc) is 2.51. The van der Waals surface area contributed by atoms with E-state index in [0.29, 0.717) is 9.90 Å². The molecule has 2 nitrogen and oxygen atoms in total. The quantitative estimate of drug-likeness (QED) is 0.835. The highest BCUT2D eigenvalue weighted by Gasteiger charge is 2.10. The molecule has 13 heavy (non-hydrogen) atoms. The standard InChI is InChI=1S/C8H9ClFNOS/c1-5(3-10)11-8(12)7-2-6(9)4-13-7/h2,4-5H,3H2,1H3,(H,11,12)/t5-/m1/s1. The van der Waals surface area contributed by atoms with Gasteiger partial charge in [0.25, 0.3) is 5.91 Å². The predicted octanol–water partition coefficient (Wildman–Crippen LogP) is 2.49. The minimum Gasteiger partial charge on any atom is -0.346 e. The molecule has 0 aromatic carbocycles. The first-order valence-corrected chi connectivity index (χ1v) is 5.00. The summed E-state index contributed by atoms with van der Waals surface area (Å²) in [7, 11) is 0. The molecular weight excluding hydrogens is 213 g/mol. The van der Waals surface area contributed by atoms with Gasteiger partial charge in [-0.2, -0.15) is 0 Å². The maximum atomic E-state index is 12.0. The van der Waals surface area contributed by atoms with E-state index in [0.717, 1.165) is 0 Å². The number of nitrogens with one attached hydrogen (secondary N) is 1. The molecule has 72 valence electrons. The maximum absolute atomic E-state index is 12.0. The lowest BCUT2D eigenvalue weighted by atomic mass is 10.3. The Kier molecular flexibility index (Phi) is 3.69. The number of halogens is 2. The van der Waals surface area contributed by atoms with E-state index in [2.05, 4.69) is 5.32 Å². The van der Waals surface area contributed by atoms with Gasteiger partial charge >= 0.3 is 0 Å². The molecule has 0 aliphatic rings. The van der Waals surface area contributed by atoms with Gasteiger partial charge in [-0.1, -0.05) is 11.6 Å². The van der Waals surface area contributed by atoms with Crippen LogP contribution in [0.25, 0.3) is 0 Å². The number of hydrogen-bond acceptors (Lipinski definition) is 2. The second-order valence-corrected chi connectivity index (χ2v) is 4.01. The molecule has 0 saturated heterocycles. The van der Waals surface area contributed by atoms with Crippen molar-refractivity contribution in [3.8, 4) is 0 Å². The van der Waals surface area contributed by atoms with Crippen molar-refractivity contribution in [1.29, 1.82) is 0 Å². The highest BCUT2D eigenvalue weighted by Crippen LogP contribution is 2.18. The van der Waals surface area contributed by atoms with E-state index in [1.807, 2.05) is 0 Å². The second-order valence-electron chi connectivity index (χ2n) is 2.66. The Labute approximate surface area is 84.7 Å². The van der Waals surface area contributed by atoms with Crippen LogP contribution in [0.3, 0.4) is 0 Å². The fourth-order valence-electron chi connectivity index (χ4n) is 0.766. The van der Waals surface area contributed by atoms with E-state index in [1.165, 1.54) is 11.3 Å². The molecule has 1 amide bonds. The first-order valence-electron chi connectivity index (χ1n) is 3.74. The number of rotatable bonds is 3. The van der Waals surface area contributed by atoms with Crippen LogP contribution >= 0.6 is 22.9 Å². The third kappa shape index (κ3) is 2.97. The first-order chi connectivity index (χ1) is 6.13. The highest BCUT2D eigenvalue weighted by atomic mass is 35.5. The zero-order valence-electron chi connectivity index (χ0n) is 7.01. The smallest absolute Gasteiger partial charge is 0.261 e. The van der Waals surface area contributed by atoms with Crippen molar-refractivity contribution < 1.29 is 9.18 Å². The number of carbonyl (C=O) groups is 1. The predicted molar refractivity (Wildman–Crippen MR) is 52.2 cm³/mol. The Balaban J connectivity index is 2.58. The summed E-state index contributed by atoms with van der Waals surface area (Å²) in [6.07, 6.45) is 0. The topological polar surface area (TPSA) is 29.1 Å². The zero-order valence-corrected chi connectivity index (χ0v) is 8.58. The average molecular weight is 222 g/mol. The van der Waals surface area contributed by atoms with Crippen LogP contribution in [0, 0.1) is 0 Å². The summed E-state index contributed by atoms with van der Waals surface area (Å²) in [6, 6.07) is 1.11. The third-order valence-electron chi connectivity index (χ3n) is 1.40. The summed E-state index contributed by atoms with van der Waals surface area (Å²) in [5, 5.41) is 4.69. The Morgan fingerprint density at radius 3 is 3.00 bits per heavy atom. The number of carbonyl (C=O) groups excluding carboxylic acids is 1. The normalized spacial score (nSPS) is 12.5. The highest BCUT2D eigenvalue weighted by molar-refractivity contribution is 7.12. The van der Waals surface area contributed by atoms with Gasteiger partial charge in [0, 0.05) is 5.38 Å². The summed E-state index contributed by atoms with van der Waals surface area (Å²) in [5.74, 6) is -0.276. The summed E-state index contributed by atoms with van der Waals surface area (Å²) in [5.41, 5.74) is 0. The van der Waals surface area contributed by atoms with Gasteiger partial charge in [-0.3, -0.25) is 4.79 Å². The van der Waals surface area contributed by atoms with Crippen molar-refractivity contribution in [3.63, 3.8) is 0 Å². The van der Waals surface area contributed by atoms with E-state index in [1.54, 1.807) is 18.4 Å².